The van der Waals surface area contributed by atoms with Crippen LogP contribution in [0.1, 0.15) is 52.2 Å². The second-order valence-electron chi connectivity index (χ2n) is 5.60. The fourth-order valence-electron chi connectivity index (χ4n) is 1.53. The van der Waals surface area contributed by atoms with Crippen molar-refractivity contribution in [1.82, 2.24) is 0 Å². The highest BCUT2D eigenvalue weighted by atomic mass is 16.5. The average Bonchev–Trinajstić information content (AvgIpc) is 2.27. The highest BCUT2D eigenvalue weighted by Crippen LogP contribution is 2.22. The van der Waals surface area contributed by atoms with Crippen molar-refractivity contribution < 1.29 is 9.53 Å². The van der Waals surface area contributed by atoms with E-state index in [4.69, 9.17) is 4.74 Å². The Hall–Kier alpha value is -1.31. The second-order valence-corrected chi connectivity index (χ2v) is 5.60. The van der Waals surface area contributed by atoms with Crippen LogP contribution in [0.3, 0.4) is 0 Å². The lowest BCUT2D eigenvalue weighted by molar-refractivity contribution is -0.149. The summed E-state index contributed by atoms with van der Waals surface area (Å²) >= 11 is 0. The summed E-state index contributed by atoms with van der Waals surface area (Å²) < 4.78 is 5.39. The van der Waals surface area contributed by atoms with Crippen LogP contribution in [0.15, 0.2) is 30.3 Å². The van der Waals surface area contributed by atoms with Gasteiger partial charge in [-0.3, -0.25) is 4.79 Å². The van der Waals surface area contributed by atoms with E-state index >= 15 is 0 Å². The molecule has 0 saturated carbocycles. The first-order chi connectivity index (χ1) is 7.88. The molecular weight excluding hydrogens is 212 g/mol. The molecule has 0 aliphatic heterocycles. The lowest BCUT2D eigenvalue weighted by Crippen LogP contribution is -2.13. The van der Waals surface area contributed by atoms with Crippen LogP contribution < -0.4 is 0 Å². The van der Waals surface area contributed by atoms with E-state index in [0.29, 0.717) is 6.42 Å². The van der Waals surface area contributed by atoms with E-state index in [9.17, 15) is 4.79 Å². The Morgan fingerprint density at radius 3 is 2.35 bits per heavy atom. The number of ether oxygens (including phenoxy) is 1. The van der Waals surface area contributed by atoms with Crippen LogP contribution in [-0.2, 0) is 9.53 Å². The largest absolute Gasteiger partial charge is 0.458 e. The Labute approximate surface area is 104 Å². The van der Waals surface area contributed by atoms with Crippen molar-refractivity contribution in [2.45, 2.75) is 46.6 Å². The van der Waals surface area contributed by atoms with Crippen molar-refractivity contribution in [2.24, 2.45) is 5.41 Å². The number of hydrogen-bond donors (Lipinski definition) is 0. The predicted octanol–water partition coefficient (Wildman–Crippen LogP) is 4.12. The predicted molar refractivity (Wildman–Crippen MR) is 69.6 cm³/mol. The molecule has 17 heavy (non-hydrogen) atoms. The molecule has 1 unspecified atom stereocenters. The zero-order valence-electron chi connectivity index (χ0n) is 11.2. The number of benzene rings is 1. The Bertz CT molecular complexity index is 349. The van der Waals surface area contributed by atoms with E-state index in [0.717, 1.165) is 12.0 Å². The van der Waals surface area contributed by atoms with Gasteiger partial charge in [0, 0.05) is 6.42 Å². The van der Waals surface area contributed by atoms with Crippen molar-refractivity contribution in [3.05, 3.63) is 35.9 Å². The van der Waals surface area contributed by atoms with Crippen LogP contribution in [0.4, 0.5) is 0 Å². The SMILES string of the molecule is CC(OC(=O)CCC(C)(C)C)c1ccccc1. The Balaban J connectivity index is 2.42. The van der Waals surface area contributed by atoms with Gasteiger partial charge in [-0.15, -0.1) is 0 Å². The standard InChI is InChI=1S/C15H22O2/c1-12(13-8-6-5-7-9-13)17-14(16)10-11-15(2,3)4/h5-9,12H,10-11H2,1-4H3. The van der Waals surface area contributed by atoms with Gasteiger partial charge in [-0.1, -0.05) is 51.1 Å². The number of carbonyl (C=O) groups is 1. The molecule has 0 radical (unpaired) electrons. The summed E-state index contributed by atoms with van der Waals surface area (Å²) in [5.74, 6) is -0.115. The van der Waals surface area contributed by atoms with Crippen LogP contribution in [0.5, 0.6) is 0 Å². The van der Waals surface area contributed by atoms with Crippen LogP contribution in [0.25, 0.3) is 0 Å². The van der Waals surface area contributed by atoms with Crippen LogP contribution >= 0.6 is 0 Å². The molecule has 0 aliphatic carbocycles. The molecule has 1 aromatic rings. The summed E-state index contributed by atoms with van der Waals surface area (Å²) in [5, 5.41) is 0. The molecule has 0 spiro atoms. The van der Waals surface area contributed by atoms with E-state index in [-0.39, 0.29) is 17.5 Å². The van der Waals surface area contributed by atoms with Crippen molar-refractivity contribution in [2.75, 3.05) is 0 Å². The quantitative estimate of drug-likeness (QED) is 0.733. The van der Waals surface area contributed by atoms with Gasteiger partial charge in [0.2, 0.25) is 0 Å². The Kier molecular flexibility index (Phi) is 4.73. The van der Waals surface area contributed by atoms with Gasteiger partial charge in [-0.05, 0) is 24.3 Å². The molecule has 0 bridgehead atoms. The Morgan fingerprint density at radius 2 is 1.82 bits per heavy atom. The summed E-state index contributed by atoms with van der Waals surface area (Å²) in [6.45, 7) is 8.28. The molecule has 0 saturated heterocycles. The summed E-state index contributed by atoms with van der Waals surface area (Å²) in [6, 6.07) is 9.81. The van der Waals surface area contributed by atoms with Crippen molar-refractivity contribution in [1.29, 1.82) is 0 Å². The zero-order valence-corrected chi connectivity index (χ0v) is 11.2. The van der Waals surface area contributed by atoms with Gasteiger partial charge < -0.3 is 4.74 Å². The molecule has 1 rings (SSSR count). The molecule has 0 heterocycles. The summed E-state index contributed by atoms with van der Waals surface area (Å²) in [7, 11) is 0. The van der Waals surface area contributed by atoms with E-state index in [1.54, 1.807) is 0 Å². The number of rotatable bonds is 4. The lowest BCUT2D eigenvalue weighted by Gasteiger charge is -2.18. The summed E-state index contributed by atoms with van der Waals surface area (Å²) in [4.78, 5) is 11.7. The minimum absolute atomic E-state index is 0.115. The topological polar surface area (TPSA) is 26.3 Å². The molecule has 94 valence electrons. The smallest absolute Gasteiger partial charge is 0.306 e. The molecule has 1 aromatic carbocycles. The maximum Gasteiger partial charge on any atom is 0.306 e. The van der Waals surface area contributed by atoms with Gasteiger partial charge in [0.05, 0.1) is 0 Å². The third-order valence-electron chi connectivity index (χ3n) is 2.66. The minimum Gasteiger partial charge on any atom is -0.458 e. The monoisotopic (exact) mass is 234 g/mol. The first-order valence-electron chi connectivity index (χ1n) is 6.13. The number of hydrogen-bond acceptors (Lipinski definition) is 2. The third-order valence-corrected chi connectivity index (χ3v) is 2.66. The maximum absolute atomic E-state index is 11.7. The first kappa shape index (κ1) is 13.8. The van der Waals surface area contributed by atoms with Gasteiger partial charge in [0.15, 0.2) is 0 Å². The highest BCUT2D eigenvalue weighted by Gasteiger charge is 2.16. The fourth-order valence-corrected chi connectivity index (χ4v) is 1.53. The zero-order chi connectivity index (χ0) is 12.9. The normalized spacial score (nSPS) is 13.2. The van der Waals surface area contributed by atoms with Crippen LogP contribution in [0, 0.1) is 5.41 Å². The summed E-state index contributed by atoms with van der Waals surface area (Å²) in [5.41, 5.74) is 1.21. The van der Waals surface area contributed by atoms with Crippen molar-refractivity contribution in [3.63, 3.8) is 0 Å². The molecule has 0 aliphatic rings. The molecule has 2 heteroatoms. The van der Waals surface area contributed by atoms with E-state index in [2.05, 4.69) is 20.8 Å². The third kappa shape index (κ3) is 5.53. The van der Waals surface area contributed by atoms with Gasteiger partial charge >= 0.3 is 5.97 Å². The second kappa shape index (κ2) is 5.85. The summed E-state index contributed by atoms with van der Waals surface area (Å²) in [6.07, 6.45) is 1.18. The van der Waals surface area contributed by atoms with Crippen molar-refractivity contribution in [3.8, 4) is 0 Å². The van der Waals surface area contributed by atoms with E-state index < -0.39 is 0 Å². The molecule has 0 fully saturated rings. The molecule has 0 N–H and O–H groups in total. The fraction of sp³-hybridized carbons (Fsp3) is 0.533. The Morgan fingerprint density at radius 1 is 1.24 bits per heavy atom. The van der Waals surface area contributed by atoms with E-state index in [1.165, 1.54) is 0 Å². The van der Waals surface area contributed by atoms with Gasteiger partial charge in [0.25, 0.3) is 0 Å². The highest BCUT2D eigenvalue weighted by molar-refractivity contribution is 5.69. The molecule has 1 atom stereocenters. The molecule has 0 amide bonds. The molecule has 2 nitrogen and oxygen atoms in total. The first-order valence-corrected chi connectivity index (χ1v) is 6.13. The van der Waals surface area contributed by atoms with Gasteiger partial charge in [0.1, 0.15) is 6.10 Å². The van der Waals surface area contributed by atoms with E-state index in [1.807, 2.05) is 37.3 Å². The van der Waals surface area contributed by atoms with Crippen molar-refractivity contribution >= 4 is 5.97 Å². The lowest BCUT2D eigenvalue weighted by atomic mass is 9.91. The number of carbonyl (C=O) groups excluding carboxylic acids is 1. The maximum atomic E-state index is 11.7. The molecule has 0 aromatic heterocycles. The average molecular weight is 234 g/mol. The van der Waals surface area contributed by atoms with Crippen LogP contribution in [-0.4, -0.2) is 5.97 Å². The van der Waals surface area contributed by atoms with Crippen LogP contribution in [0.2, 0.25) is 0 Å². The minimum atomic E-state index is -0.163. The van der Waals surface area contributed by atoms with Gasteiger partial charge in [-0.25, -0.2) is 0 Å². The number of esters is 1. The van der Waals surface area contributed by atoms with Gasteiger partial charge in [-0.2, -0.15) is 0 Å². The molecular formula is C15H22O2.